The molecule has 0 saturated heterocycles. The quantitative estimate of drug-likeness (QED) is 0.879. The van der Waals surface area contributed by atoms with Crippen LogP contribution in [0.4, 0.5) is 11.4 Å². The Labute approximate surface area is 106 Å². The van der Waals surface area contributed by atoms with Crippen molar-refractivity contribution in [3.63, 3.8) is 0 Å². The summed E-state index contributed by atoms with van der Waals surface area (Å²) in [4.78, 5) is 13.8. The van der Waals surface area contributed by atoms with E-state index in [9.17, 15) is 4.79 Å². The Bertz CT molecular complexity index is 555. The number of carbonyl (C=O) groups excluding carboxylic acids is 1. The van der Waals surface area contributed by atoms with Crippen LogP contribution in [0, 0.1) is 16.7 Å². The largest absolute Gasteiger partial charge is 0.388 e. The molecule has 0 unspecified atom stereocenters. The van der Waals surface area contributed by atoms with Crippen molar-refractivity contribution < 1.29 is 4.79 Å². The van der Waals surface area contributed by atoms with Crippen molar-refractivity contribution in [2.45, 2.75) is 19.3 Å². The van der Waals surface area contributed by atoms with Gasteiger partial charge in [-0.1, -0.05) is 0 Å². The second kappa shape index (κ2) is 3.74. The number of fused-ring (bicyclic) bond motifs is 1. The van der Waals surface area contributed by atoms with Crippen LogP contribution in [-0.4, -0.2) is 19.5 Å². The number of carbonyl (C=O) groups is 1. The Morgan fingerprint density at radius 2 is 2.28 bits per heavy atom. The molecule has 1 amide bonds. The number of amides is 1. The third-order valence-electron chi connectivity index (χ3n) is 3.85. The second-order valence-corrected chi connectivity index (χ2v) is 5.14. The number of anilines is 2. The van der Waals surface area contributed by atoms with Gasteiger partial charge in [-0.15, -0.1) is 0 Å². The molecule has 0 spiro atoms. The fourth-order valence-corrected chi connectivity index (χ4v) is 2.47. The van der Waals surface area contributed by atoms with Gasteiger partial charge in [-0.3, -0.25) is 4.79 Å². The fraction of sp³-hybridized carbons (Fsp3) is 0.429. The van der Waals surface area contributed by atoms with Crippen LogP contribution in [0.15, 0.2) is 18.2 Å². The number of rotatable bonds is 3. The monoisotopic (exact) mass is 241 g/mol. The van der Waals surface area contributed by atoms with Crippen molar-refractivity contribution in [2.75, 3.05) is 23.8 Å². The smallest absolute Gasteiger partial charge is 0.231 e. The summed E-state index contributed by atoms with van der Waals surface area (Å²) >= 11 is 0. The van der Waals surface area contributed by atoms with E-state index in [1.165, 1.54) is 0 Å². The molecule has 1 fully saturated rings. The van der Waals surface area contributed by atoms with Crippen LogP contribution in [0.25, 0.3) is 0 Å². The molecule has 4 nitrogen and oxygen atoms in total. The Kier molecular flexibility index (Phi) is 2.30. The lowest BCUT2D eigenvalue weighted by Gasteiger charge is -2.20. The molecule has 18 heavy (non-hydrogen) atoms. The van der Waals surface area contributed by atoms with Gasteiger partial charge in [-0.25, -0.2) is 0 Å². The van der Waals surface area contributed by atoms with Crippen LogP contribution in [0.1, 0.15) is 18.4 Å². The number of benzene rings is 1. The highest BCUT2D eigenvalue weighted by Gasteiger charge is 2.46. The normalized spacial score (nSPS) is 19.3. The van der Waals surface area contributed by atoms with E-state index in [-0.39, 0.29) is 11.3 Å². The van der Waals surface area contributed by atoms with Crippen molar-refractivity contribution in [1.82, 2.24) is 0 Å². The molecule has 1 aromatic rings. The van der Waals surface area contributed by atoms with Gasteiger partial charge < -0.3 is 10.2 Å². The molecule has 4 heteroatoms. The third-order valence-corrected chi connectivity index (χ3v) is 3.85. The Morgan fingerprint density at radius 1 is 1.50 bits per heavy atom. The first-order chi connectivity index (χ1) is 8.67. The maximum Gasteiger partial charge on any atom is 0.231 e. The molecule has 0 radical (unpaired) electrons. The van der Waals surface area contributed by atoms with E-state index >= 15 is 0 Å². The first-order valence-electron chi connectivity index (χ1n) is 6.20. The van der Waals surface area contributed by atoms with Crippen LogP contribution in [0.5, 0.6) is 0 Å². The van der Waals surface area contributed by atoms with Crippen LogP contribution < -0.4 is 10.2 Å². The van der Waals surface area contributed by atoms with E-state index in [1.54, 1.807) is 4.90 Å². The zero-order chi connectivity index (χ0) is 12.8. The maximum absolute atomic E-state index is 12.0. The van der Waals surface area contributed by atoms with Gasteiger partial charge in [0.15, 0.2) is 0 Å². The minimum atomic E-state index is -0.279. The molecule has 1 aliphatic carbocycles. The van der Waals surface area contributed by atoms with Gasteiger partial charge in [-0.2, -0.15) is 5.26 Å². The van der Waals surface area contributed by atoms with E-state index < -0.39 is 0 Å². The van der Waals surface area contributed by atoms with Crippen LogP contribution >= 0.6 is 0 Å². The zero-order valence-corrected chi connectivity index (χ0v) is 10.4. The lowest BCUT2D eigenvalue weighted by atomic mass is 10.1. The van der Waals surface area contributed by atoms with E-state index in [1.807, 2.05) is 25.2 Å². The van der Waals surface area contributed by atoms with Gasteiger partial charge in [0.05, 0.1) is 17.9 Å². The average Bonchev–Trinajstić information content (AvgIpc) is 3.10. The SMILES string of the molecule is CNc1ccc2c(c1)CC(=O)N2CC1(C#N)CC1. The van der Waals surface area contributed by atoms with Crippen LogP contribution in [-0.2, 0) is 11.2 Å². The Balaban J connectivity index is 1.90. The first-order valence-corrected chi connectivity index (χ1v) is 6.20. The van der Waals surface area contributed by atoms with Crippen molar-refractivity contribution in [2.24, 2.45) is 5.41 Å². The van der Waals surface area contributed by atoms with Gasteiger partial charge in [-0.05, 0) is 36.6 Å². The Hall–Kier alpha value is -2.02. The molecule has 1 aliphatic heterocycles. The second-order valence-electron chi connectivity index (χ2n) is 5.14. The summed E-state index contributed by atoms with van der Waals surface area (Å²) in [5.74, 6) is 0.111. The molecule has 0 atom stereocenters. The number of hydrogen-bond donors (Lipinski definition) is 1. The molecule has 2 aliphatic rings. The molecule has 0 bridgehead atoms. The molecular weight excluding hydrogens is 226 g/mol. The fourth-order valence-electron chi connectivity index (χ4n) is 2.47. The summed E-state index contributed by atoms with van der Waals surface area (Å²) in [6, 6.07) is 8.30. The van der Waals surface area contributed by atoms with E-state index in [2.05, 4.69) is 11.4 Å². The molecule has 1 heterocycles. The topological polar surface area (TPSA) is 56.1 Å². The molecule has 3 rings (SSSR count). The van der Waals surface area contributed by atoms with Crippen molar-refractivity contribution in [1.29, 1.82) is 5.26 Å². The number of nitrogens with one attached hydrogen (secondary N) is 1. The zero-order valence-electron chi connectivity index (χ0n) is 10.4. The highest BCUT2D eigenvalue weighted by molar-refractivity contribution is 6.02. The summed E-state index contributed by atoms with van der Waals surface area (Å²) < 4.78 is 0. The Morgan fingerprint density at radius 3 is 2.89 bits per heavy atom. The van der Waals surface area contributed by atoms with Gasteiger partial charge in [0.2, 0.25) is 5.91 Å². The van der Waals surface area contributed by atoms with E-state index in [4.69, 9.17) is 5.26 Å². The van der Waals surface area contributed by atoms with Crippen molar-refractivity contribution >= 4 is 17.3 Å². The predicted octanol–water partition coefficient (Wildman–Crippen LogP) is 1.92. The summed E-state index contributed by atoms with van der Waals surface area (Å²) in [5, 5.41) is 12.2. The molecule has 1 saturated carbocycles. The summed E-state index contributed by atoms with van der Waals surface area (Å²) in [5.41, 5.74) is 2.77. The van der Waals surface area contributed by atoms with Gasteiger partial charge >= 0.3 is 0 Å². The standard InChI is InChI=1S/C14H15N3O/c1-16-11-2-3-12-10(6-11)7-13(18)17(12)9-14(8-15)4-5-14/h2-3,6,16H,4-5,7,9H2,1H3. The first kappa shape index (κ1) is 11.1. The maximum atomic E-state index is 12.0. The number of hydrogen-bond acceptors (Lipinski definition) is 3. The minimum Gasteiger partial charge on any atom is -0.388 e. The van der Waals surface area contributed by atoms with Crippen LogP contribution in [0.3, 0.4) is 0 Å². The lowest BCUT2D eigenvalue weighted by molar-refractivity contribution is -0.117. The van der Waals surface area contributed by atoms with Crippen molar-refractivity contribution in [3.8, 4) is 6.07 Å². The summed E-state index contributed by atoms with van der Waals surface area (Å²) in [6.45, 7) is 0.550. The molecule has 0 aromatic heterocycles. The number of nitrogens with zero attached hydrogens (tertiary/aromatic N) is 2. The summed E-state index contributed by atoms with van der Waals surface area (Å²) in [7, 11) is 1.87. The molecule has 1 N–H and O–H groups in total. The molecular formula is C14H15N3O. The van der Waals surface area contributed by atoms with E-state index in [0.717, 1.165) is 29.8 Å². The highest BCUT2D eigenvalue weighted by Crippen LogP contribution is 2.47. The highest BCUT2D eigenvalue weighted by atomic mass is 16.2. The van der Waals surface area contributed by atoms with Gasteiger partial charge in [0.25, 0.3) is 0 Å². The van der Waals surface area contributed by atoms with Crippen molar-refractivity contribution in [3.05, 3.63) is 23.8 Å². The predicted molar refractivity (Wildman–Crippen MR) is 69.3 cm³/mol. The number of nitriles is 1. The van der Waals surface area contributed by atoms with E-state index in [0.29, 0.717) is 13.0 Å². The van der Waals surface area contributed by atoms with Gasteiger partial charge in [0, 0.05) is 25.0 Å². The van der Waals surface area contributed by atoms with Gasteiger partial charge in [0.1, 0.15) is 0 Å². The average molecular weight is 241 g/mol. The summed E-state index contributed by atoms with van der Waals surface area (Å²) in [6.07, 6.45) is 2.28. The third kappa shape index (κ3) is 1.63. The molecule has 92 valence electrons. The minimum absolute atomic E-state index is 0.111. The molecule has 1 aromatic carbocycles. The van der Waals surface area contributed by atoms with Crippen LogP contribution in [0.2, 0.25) is 0 Å². The lowest BCUT2D eigenvalue weighted by Crippen LogP contribution is -2.32.